The molecule has 0 radical (unpaired) electrons. The SMILES string of the molecule is CCOC(=O)c1ccc(-c2ccc(F)cc2)n1C. The van der Waals surface area contributed by atoms with Crippen molar-refractivity contribution < 1.29 is 13.9 Å². The number of hydrogen-bond donors (Lipinski definition) is 0. The van der Waals surface area contributed by atoms with Gasteiger partial charge >= 0.3 is 5.97 Å². The molecule has 0 atom stereocenters. The van der Waals surface area contributed by atoms with Crippen LogP contribution in [0.25, 0.3) is 11.3 Å². The molecule has 0 unspecified atom stereocenters. The number of hydrogen-bond acceptors (Lipinski definition) is 2. The van der Waals surface area contributed by atoms with E-state index in [1.807, 2.05) is 6.07 Å². The molecule has 0 saturated heterocycles. The summed E-state index contributed by atoms with van der Waals surface area (Å²) in [6.45, 7) is 2.11. The second-order valence-electron chi connectivity index (χ2n) is 3.89. The van der Waals surface area contributed by atoms with E-state index in [0.29, 0.717) is 12.3 Å². The molecule has 1 aromatic heterocycles. The van der Waals surface area contributed by atoms with Crippen LogP contribution in [0.15, 0.2) is 36.4 Å². The van der Waals surface area contributed by atoms with Crippen molar-refractivity contribution in [2.45, 2.75) is 6.92 Å². The van der Waals surface area contributed by atoms with E-state index in [9.17, 15) is 9.18 Å². The lowest BCUT2D eigenvalue weighted by Gasteiger charge is -2.07. The predicted octanol–water partition coefficient (Wildman–Crippen LogP) is 3.01. The number of esters is 1. The first-order valence-corrected chi connectivity index (χ1v) is 5.72. The molecule has 0 N–H and O–H groups in total. The minimum absolute atomic E-state index is 0.279. The number of carbonyl (C=O) groups is 1. The molecule has 0 amide bonds. The van der Waals surface area contributed by atoms with Gasteiger partial charge in [0.1, 0.15) is 11.5 Å². The van der Waals surface area contributed by atoms with Crippen molar-refractivity contribution >= 4 is 5.97 Å². The normalized spacial score (nSPS) is 10.4. The van der Waals surface area contributed by atoms with Crippen LogP contribution in [0.5, 0.6) is 0 Å². The van der Waals surface area contributed by atoms with Crippen LogP contribution >= 0.6 is 0 Å². The monoisotopic (exact) mass is 247 g/mol. The standard InChI is InChI=1S/C14H14FNO2/c1-3-18-14(17)13-9-8-12(16(13)2)10-4-6-11(15)7-5-10/h4-9H,3H2,1-2H3. The highest BCUT2D eigenvalue weighted by Crippen LogP contribution is 2.22. The smallest absolute Gasteiger partial charge is 0.354 e. The van der Waals surface area contributed by atoms with E-state index in [-0.39, 0.29) is 11.8 Å². The fourth-order valence-corrected chi connectivity index (χ4v) is 1.83. The van der Waals surface area contributed by atoms with Gasteiger partial charge in [-0.3, -0.25) is 0 Å². The molecule has 0 fully saturated rings. The molecule has 0 saturated carbocycles. The molecule has 1 aromatic carbocycles. The minimum atomic E-state index is -0.353. The average molecular weight is 247 g/mol. The van der Waals surface area contributed by atoms with Gasteiger partial charge in [0.15, 0.2) is 0 Å². The molecule has 2 rings (SSSR count). The fourth-order valence-electron chi connectivity index (χ4n) is 1.83. The molecule has 0 aliphatic carbocycles. The molecule has 18 heavy (non-hydrogen) atoms. The van der Waals surface area contributed by atoms with Crippen molar-refractivity contribution in [3.05, 3.63) is 47.9 Å². The zero-order valence-corrected chi connectivity index (χ0v) is 10.3. The summed E-state index contributed by atoms with van der Waals surface area (Å²) in [5.41, 5.74) is 2.18. The molecule has 0 bridgehead atoms. The van der Waals surface area contributed by atoms with E-state index < -0.39 is 0 Å². The summed E-state index contributed by atoms with van der Waals surface area (Å²) in [6.07, 6.45) is 0. The average Bonchev–Trinajstić information content (AvgIpc) is 2.73. The number of ether oxygens (including phenoxy) is 1. The van der Waals surface area contributed by atoms with E-state index >= 15 is 0 Å². The van der Waals surface area contributed by atoms with E-state index in [2.05, 4.69) is 0 Å². The van der Waals surface area contributed by atoms with Crippen molar-refractivity contribution in [2.75, 3.05) is 6.61 Å². The second kappa shape index (κ2) is 5.04. The molecule has 4 heteroatoms. The zero-order valence-electron chi connectivity index (χ0n) is 10.3. The summed E-state index contributed by atoms with van der Waals surface area (Å²) < 4.78 is 19.6. The molecule has 2 aromatic rings. The van der Waals surface area contributed by atoms with Gasteiger partial charge < -0.3 is 9.30 Å². The Morgan fingerprint density at radius 2 is 1.89 bits per heavy atom. The number of halogens is 1. The number of rotatable bonds is 3. The summed E-state index contributed by atoms with van der Waals surface area (Å²) >= 11 is 0. The van der Waals surface area contributed by atoms with Gasteiger partial charge in [-0.25, -0.2) is 9.18 Å². The number of benzene rings is 1. The van der Waals surface area contributed by atoms with Crippen molar-refractivity contribution in [1.82, 2.24) is 4.57 Å². The van der Waals surface area contributed by atoms with Crippen LogP contribution in [0.4, 0.5) is 4.39 Å². The largest absolute Gasteiger partial charge is 0.461 e. The third-order valence-corrected chi connectivity index (χ3v) is 2.75. The Bertz CT molecular complexity index is 558. The summed E-state index contributed by atoms with van der Waals surface area (Å²) in [5, 5.41) is 0. The van der Waals surface area contributed by atoms with Gasteiger partial charge in [0.05, 0.1) is 6.61 Å². The van der Waals surface area contributed by atoms with Crippen molar-refractivity contribution in [1.29, 1.82) is 0 Å². The number of carbonyl (C=O) groups excluding carboxylic acids is 1. The third-order valence-electron chi connectivity index (χ3n) is 2.75. The first-order valence-electron chi connectivity index (χ1n) is 5.72. The molecule has 0 spiro atoms. The summed E-state index contributed by atoms with van der Waals surface area (Å²) in [7, 11) is 1.78. The zero-order chi connectivity index (χ0) is 13.1. The molecule has 0 aliphatic rings. The Morgan fingerprint density at radius 3 is 2.50 bits per heavy atom. The Morgan fingerprint density at radius 1 is 1.22 bits per heavy atom. The van der Waals surface area contributed by atoms with Crippen LogP contribution in [0.2, 0.25) is 0 Å². The number of nitrogens with zero attached hydrogens (tertiary/aromatic N) is 1. The maximum Gasteiger partial charge on any atom is 0.354 e. The Balaban J connectivity index is 2.36. The van der Waals surface area contributed by atoms with Crippen molar-refractivity contribution in [3.8, 4) is 11.3 Å². The highest BCUT2D eigenvalue weighted by molar-refractivity contribution is 5.89. The van der Waals surface area contributed by atoms with Gasteiger partial charge in [-0.05, 0) is 48.9 Å². The van der Waals surface area contributed by atoms with Crippen LogP contribution in [-0.4, -0.2) is 17.1 Å². The van der Waals surface area contributed by atoms with Gasteiger partial charge in [-0.1, -0.05) is 0 Å². The van der Waals surface area contributed by atoms with Crippen LogP contribution < -0.4 is 0 Å². The summed E-state index contributed by atoms with van der Waals surface area (Å²) in [4.78, 5) is 11.7. The van der Waals surface area contributed by atoms with Crippen LogP contribution in [0.1, 0.15) is 17.4 Å². The molecular weight excluding hydrogens is 233 g/mol. The molecule has 3 nitrogen and oxygen atoms in total. The Hall–Kier alpha value is -2.10. The quantitative estimate of drug-likeness (QED) is 0.781. The first kappa shape index (κ1) is 12.4. The Kier molecular flexibility index (Phi) is 3.46. The second-order valence-corrected chi connectivity index (χ2v) is 3.89. The maximum atomic E-state index is 12.9. The molecule has 94 valence electrons. The Labute approximate surface area is 105 Å². The van der Waals surface area contributed by atoms with Crippen LogP contribution in [0.3, 0.4) is 0 Å². The highest BCUT2D eigenvalue weighted by Gasteiger charge is 2.14. The lowest BCUT2D eigenvalue weighted by molar-refractivity contribution is 0.0515. The van der Waals surface area contributed by atoms with E-state index in [4.69, 9.17) is 4.74 Å². The lowest BCUT2D eigenvalue weighted by atomic mass is 10.1. The maximum absolute atomic E-state index is 12.9. The van der Waals surface area contributed by atoms with Crippen molar-refractivity contribution in [2.24, 2.45) is 7.05 Å². The van der Waals surface area contributed by atoms with E-state index in [1.54, 1.807) is 36.7 Å². The van der Waals surface area contributed by atoms with Crippen LogP contribution in [0, 0.1) is 5.82 Å². The predicted molar refractivity (Wildman–Crippen MR) is 66.8 cm³/mol. The fraction of sp³-hybridized carbons (Fsp3) is 0.214. The van der Waals surface area contributed by atoms with Crippen molar-refractivity contribution in [3.63, 3.8) is 0 Å². The van der Waals surface area contributed by atoms with Gasteiger partial charge in [0.25, 0.3) is 0 Å². The third kappa shape index (κ3) is 2.27. The summed E-state index contributed by atoms with van der Waals surface area (Å²) in [5.74, 6) is -0.632. The minimum Gasteiger partial charge on any atom is -0.461 e. The topological polar surface area (TPSA) is 31.2 Å². The molecule has 0 aliphatic heterocycles. The van der Waals surface area contributed by atoms with Gasteiger partial charge in [0, 0.05) is 12.7 Å². The highest BCUT2D eigenvalue weighted by atomic mass is 19.1. The van der Waals surface area contributed by atoms with Crippen LogP contribution in [-0.2, 0) is 11.8 Å². The van der Waals surface area contributed by atoms with E-state index in [1.165, 1.54) is 12.1 Å². The van der Waals surface area contributed by atoms with Gasteiger partial charge in [-0.15, -0.1) is 0 Å². The van der Waals surface area contributed by atoms with Gasteiger partial charge in [-0.2, -0.15) is 0 Å². The molecular formula is C14H14FNO2. The lowest BCUT2D eigenvalue weighted by Crippen LogP contribution is -2.10. The van der Waals surface area contributed by atoms with Gasteiger partial charge in [0.2, 0.25) is 0 Å². The number of aromatic nitrogens is 1. The molecule has 1 heterocycles. The summed E-state index contributed by atoms with van der Waals surface area (Å²) in [6, 6.07) is 9.67. The first-order chi connectivity index (χ1) is 8.63. The van der Waals surface area contributed by atoms with E-state index in [0.717, 1.165) is 11.3 Å².